The zero-order valence-corrected chi connectivity index (χ0v) is 12.0. The van der Waals surface area contributed by atoms with E-state index in [4.69, 9.17) is 4.74 Å². The van der Waals surface area contributed by atoms with Gasteiger partial charge in [0, 0.05) is 31.5 Å². The largest absolute Gasteiger partial charge is 0.496 e. The van der Waals surface area contributed by atoms with Crippen LogP contribution in [0.25, 0.3) is 0 Å². The van der Waals surface area contributed by atoms with Gasteiger partial charge in [-0.25, -0.2) is 0 Å². The summed E-state index contributed by atoms with van der Waals surface area (Å²) in [5, 5.41) is 14.1. The Balaban J connectivity index is 2.04. The summed E-state index contributed by atoms with van der Waals surface area (Å²) in [6.45, 7) is 3.20. The highest BCUT2D eigenvalue weighted by atomic mass is 16.6. The van der Waals surface area contributed by atoms with Crippen LogP contribution in [0.4, 0.5) is 5.69 Å². The van der Waals surface area contributed by atoms with Gasteiger partial charge >= 0.3 is 0 Å². The van der Waals surface area contributed by atoms with Crippen molar-refractivity contribution in [3.8, 4) is 5.75 Å². The van der Waals surface area contributed by atoms with Gasteiger partial charge in [-0.2, -0.15) is 0 Å². The van der Waals surface area contributed by atoms with Crippen LogP contribution in [0, 0.1) is 17.0 Å². The fraction of sp³-hybridized carbons (Fsp3) is 0.267. The third-order valence-corrected chi connectivity index (χ3v) is 3.19. The molecule has 1 aromatic heterocycles. The van der Waals surface area contributed by atoms with Gasteiger partial charge in [0.15, 0.2) is 0 Å². The Kier molecular flexibility index (Phi) is 4.84. The Morgan fingerprint density at radius 2 is 2.14 bits per heavy atom. The summed E-state index contributed by atoms with van der Waals surface area (Å²) in [5.41, 5.74) is 3.11. The van der Waals surface area contributed by atoms with Crippen molar-refractivity contribution in [2.75, 3.05) is 7.11 Å². The second kappa shape index (κ2) is 6.81. The molecule has 0 unspecified atom stereocenters. The first-order chi connectivity index (χ1) is 10.1. The lowest BCUT2D eigenvalue weighted by atomic mass is 10.1. The first-order valence-electron chi connectivity index (χ1n) is 6.52. The van der Waals surface area contributed by atoms with Gasteiger partial charge in [0.25, 0.3) is 5.69 Å². The van der Waals surface area contributed by atoms with E-state index in [-0.39, 0.29) is 5.69 Å². The van der Waals surface area contributed by atoms with Gasteiger partial charge in [0.1, 0.15) is 5.75 Å². The summed E-state index contributed by atoms with van der Waals surface area (Å²) in [5.74, 6) is 0.485. The van der Waals surface area contributed by atoms with Gasteiger partial charge in [-0.3, -0.25) is 15.1 Å². The third kappa shape index (κ3) is 4.00. The number of hydrogen-bond donors (Lipinski definition) is 1. The maximum atomic E-state index is 10.9. The zero-order chi connectivity index (χ0) is 15.2. The minimum atomic E-state index is -0.419. The molecule has 0 aliphatic carbocycles. The SMILES string of the molecule is COc1cc(CNCc2cnccc2C)cc([N+](=O)[O-])c1. The van der Waals surface area contributed by atoms with Crippen molar-refractivity contribution in [1.29, 1.82) is 0 Å². The number of hydrogen-bond acceptors (Lipinski definition) is 5. The third-order valence-electron chi connectivity index (χ3n) is 3.19. The average molecular weight is 287 g/mol. The van der Waals surface area contributed by atoms with E-state index in [1.54, 1.807) is 18.3 Å². The molecule has 0 amide bonds. The molecule has 0 saturated heterocycles. The van der Waals surface area contributed by atoms with Crippen LogP contribution in [0.1, 0.15) is 16.7 Å². The van der Waals surface area contributed by atoms with Gasteiger partial charge in [0.2, 0.25) is 0 Å². The van der Waals surface area contributed by atoms with Crippen molar-refractivity contribution in [3.63, 3.8) is 0 Å². The van der Waals surface area contributed by atoms with Gasteiger partial charge < -0.3 is 10.1 Å². The molecule has 0 atom stereocenters. The van der Waals surface area contributed by atoms with Gasteiger partial charge in [-0.1, -0.05) is 0 Å². The Labute approximate surface area is 122 Å². The number of benzene rings is 1. The fourth-order valence-corrected chi connectivity index (χ4v) is 1.99. The van der Waals surface area contributed by atoms with Crippen LogP contribution in [-0.4, -0.2) is 17.0 Å². The normalized spacial score (nSPS) is 10.4. The monoisotopic (exact) mass is 287 g/mol. The first-order valence-corrected chi connectivity index (χ1v) is 6.52. The molecule has 1 aromatic carbocycles. The molecule has 0 fully saturated rings. The molecule has 0 bridgehead atoms. The second-order valence-corrected chi connectivity index (χ2v) is 4.70. The van der Waals surface area contributed by atoms with Crippen LogP contribution in [0.2, 0.25) is 0 Å². The molecule has 21 heavy (non-hydrogen) atoms. The van der Waals surface area contributed by atoms with Crippen molar-refractivity contribution < 1.29 is 9.66 Å². The lowest BCUT2D eigenvalue weighted by Gasteiger charge is -2.08. The number of nitrogens with zero attached hydrogens (tertiary/aromatic N) is 2. The van der Waals surface area contributed by atoms with Crippen molar-refractivity contribution in [2.24, 2.45) is 0 Å². The van der Waals surface area contributed by atoms with Crippen LogP contribution in [0.5, 0.6) is 5.75 Å². The summed E-state index contributed by atoms with van der Waals surface area (Å²) in [7, 11) is 1.50. The number of nitrogens with one attached hydrogen (secondary N) is 1. The smallest absolute Gasteiger partial charge is 0.273 e. The summed E-state index contributed by atoms with van der Waals surface area (Å²) in [4.78, 5) is 14.5. The van der Waals surface area contributed by atoms with E-state index in [1.807, 2.05) is 19.2 Å². The molecule has 2 rings (SSSR count). The summed E-state index contributed by atoms with van der Waals surface area (Å²) >= 11 is 0. The lowest BCUT2D eigenvalue weighted by molar-refractivity contribution is -0.385. The average Bonchev–Trinajstić information content (AvgIpc) is 2.49. The van der Waals surface area contributed by atoms with Gasteiger partial charge in [-0.05, 0) is 35.7 Å². The highest BCUT2D eigenvalue weighted by molar-refractivity contribution is 5.42. The summed E-state index contributed by atoms with van der Waals surface area (Å²) < 4.78 is 5.09. The quantitative estimate of drug-likeness (QED) is 0.652. The number of non-ortho nitro benzene ring substituents is 1. The topological polar surface area (TPSA) is 77.3 Å². The molecule has 0 aliphatic rings. The molecular formula is C15H17N3O3. The molecule has 0 radical (unpaired) electrons. The second-order valence-electron chi connectivity index (χ2n) is 4.70. The predicted octanol–water partition coefficient (Wildman–Crippen LogP) is 2.60. The standard InChI is InChI=1S/C15H17N3O3/c1-11-3-4-16-9-13(11)10-17-8-12-5-14(18(19)20)7-15(6-12)21-2/h3-7,9,17H,8,10H2,1-2H3. The van der Waals surface area contributed by atoms with E-state index < -0.39 is 4.92 Å². The summed E-state index contributed by atoms with van der Waals surface area (Å²) in [6, 6.07) is 6.70. The molecule has 6 nitrogen and oxygen atoms in total. The highest BCUT2D eigenvalue weighted by Gasteiger charge is 2.10. The van der Waals surface area contributed by atoms with Crippen LogP contribution in [-0.2, 0) is 13.1 Å². The van der Waals surface area contributed by atoms with E-state index in [9.17, 15) is 10.1 Å². The Hall–Kier alpha value is -2.47. The molecule has 1 heterocycles. The molecule has 1 N–H and O–H groups in total. The Bertz CT molecular complexity index is 644. The number of rotatable bonds is 6. The fourth-order valence-electron chi connectivity index (χ4n) is 1.99. The molecule has 6 heteroatoms. The molecule has 0 spiro atoms. The maximum Gasteiger partial charge on any atom is 0.273 e. The summed E-state index contributed by atoms with van der Waals surface area (Å²) in [6.07, 6.45) is 3.57. The van der Waals surface area contributed by atoms with Gasteiger partial charge in [0.05, 0.1) is 18.1 Å². The number of pyridine rings is 1. The zero-order valence-electron chi connectivity index (χ0n) is 12.0. The Morgan fingerprint density at radius 3 is 2.81 bits per heavy atom. The maximum absolute atomic E-state index is 10.9. The van der Waals surface area contributed by atoms with Crippen LogP contribution < -0.4 is 10.1 Å². The van der Waals surface area contributed by atoms with Crippen LogP contribution in [0.3, 0.4) is 0 Å². The van der Waals surface area contributed by atoms with Crippen molar-refractivity contribution in [2.45, 2.75) is 20.0 Å². The highest BCUT2D eigenvalue weighted by Crippen LogP contribution is 2.22. The minimum Gasteiger partial charge on any atom is -0.496 e. The van der Waals surface area contributed by atoms with Crippen LogP contribution >= 0.6 is 0 Å². The van der Waals surface area contributed by atoms with E-state index >= 15 is 0 Å². The van der Waals surface area contributed by atoms with Crippen molar-refractivity contribution >= 4 is 5.69 Å². The minimum absolute atomic E-state index is 0.0312. The first kappa shape index (κ1) is 14.9. The lowest BCUT2D eigenvalue weighted by Crippen LogP contribution is -2.14. The molecule has 0 saturated carbocycles. The number of ether oxygens (including phenoxy) is 1. The van der Waals surface area contributed by atoms with Crippen LogP contribution in [0.15, 0.2) is 36.7 Å². The van der Waals surface area contributed by atoms with E-state index in [2.05, 4.69) is 10.3 Å². The Morgan fingerprint density at radius 1 is 1.33 bits per heavy atom. The van der Waals surface area contributed by atoms with E-state index in [1.165, 1.54) is 13.2 Å². The van der Waals surface area contributed by atoms with Gasteiger partial charge in [-0.15, -0.1) is 0 Å². The molecule has 110 valence electrons. The molecule has 0 aliphatic heterocycles. The molecular weight excluding hydrogens is 270 g/mol. The van der Waals surface area contributed by atoms with E-state index in [0.29, 0.717) is 18.8 Å². The number of aryl methyl sites for hydroxylation is 1. The number of aromatic nitrogens is 1. The number of methoxy groups -OCH3 is 1. The van der Waals surface area contributed by atoms with E-state index in [0.717, 1.165) is 16.7 Å². The molecule has 2 aromatic rings. The van der Waals surface area contributed by atoms with Crippen molar-refractivity contribution in [3.05, 3.63) is 63.5 Å². The predicted molar refractivity (Wildman–Crippen MR) is 79.2 cm³/mol. The number of nitro groups is 1. The van der Waals surface area contributed by atoms with Crippen molar-refractivity contribution in [1.82, 2.24) is 10.3 Å². The number of nitro benzene ring substituents is 1.